The molecule has 1 aromatic carbocycles. The quantitative estimate of drug-likeness (QED) is 0.378. The third-order valence-corrected chi connectivity index (χ3v) is 6.04. The number of thioether (sulfide) groups is 1. The van der Waals surface area contributed by atoms with Crippen molar-refractivity contribution in [1.82, 2.24) is 4.98 Å². The Labute approximate surface area is 173 Å². The molecule has 5 heteroatoms. The van der Waals surface area contributed by atoms with Crippen LogP contribution in [0.1, 0.15) is 58.3 Å². The van der Waals surface area contributed by atoms with Crippen molar-refractivity contribution in [2.24, 2.45) is 0 Å². The Hall–Kier alpha value is -1.88. The molecule has 0 atom stereocenters. The highest BCUT2D eigenvalue weighted by atomic mass is 32.2. The summed E-state index contributed by atoms with van der Waals surface area (Å²) in [7, 11) is 0. The van der Waals surface area contributed by atoms with Crippen molar-refractivity contribution >= 4 is 23.3 Å². The van der Waals surface area contributed by atoms with E-state index in [4.69, 9.17) is 4.74 Å². The lowest BCUT2D eigenvalue weighted by molar-refractivity contribution is 0.470. The summed E-state index contributed by atoms with van der Waals surface area (Å²) in [5.41, 5.74) is 1.16. The van der Waals surface area contributed by atoms with Gasteiger partial charge < -0.3 is 15.4 Å². The van der Waals surface area contributed by atoms with Gasteiger partial charge in [0.05, 0.1) is 4.90 Å². The largest absolute Gasteiger partial charge is 0.456 e. The maximum Gasteiger partial charge on any atom is 0.146 e. The average molecular weight is 400 g/mol. The lowest BCUT2D eigenvalue weighted by Gasteiger charge is -2.19. The molecule has 0 saturated carbocycles. The standard InChI is InChI=1S/C23H33N3OS/c1-2-3-4-5-6-7-8-9-15-24-19-10-12-20(13-11-19)27-21-14-16-25-23-22(21)28-18-17-26-23/h10-14,16,24H,2-9,15,17-18H2,1H3,(H,25,26). The summed E-state index contributed by atoms with van der Waals surface area (Å²) in [6.07, 6.45) is 12.6. The highest BCUT2D eigenvalue weighted by Crippen LogP contribution is 2.39. The van der Waals surface area contributed by atoms with Crippen LogP contribution in [0, 0.1) is 0 Å². The molecule has 2 N–H and O–H groups in total. The number of unbranched alkanes of at least 4 members (excludes halogenated alkanes) is 7. The van der Waals surface area contributed by atoms with Crippen molar-refractivity contribution in [1.29, 1.82) is 0 Å². The molecule has 152 valence electrons. The third-order valence-electron chi connectivity index (χ3n) is 4.95. The van der Waals surface area contributed by atoms with E-state index in [1.54, 1.807) is 18.0 Å². The van der Waals surface area contributed by atoms with Crippen LogP contribution in [0.15, 0.2) is 41.4 Å². The molecule has 0 bridgehead atoms. The Bertz CT molecular complexity index is 705. The van der Waals surface area contributed by atoms with Crippen molar-refractivity contribution in [2.45, 2.75) is 63.2 Å². The Balaban J connectivity index is 1.37. The number of pyridine rings is 1. The van der Waals surface area contributed by atoms with Gasteiger partial charge in [0.1, 0.15) is 17.3 Å². The molecule has 0 fully saturated rings. The van der Waals surface area contributed by atoms with Gasteiger partial charge in [0.15, 0.2) is 0 Å². The van der Waals surface area contributed by atoms with Gasteiger partial charge in [-0.1, -0.05) is 51.9 Å². The maximum atomic E-state index is 6.10. The van der Waals surface area contributed by atoms with Crippen molar-refractivity contribution in [3.63, 3.8) is 0 Å². The number of aromatic nitrogens is 1. The zero-order valence-corrected chi connectivity index (χ0v) is 17.8. The SMILES string of the molecule is CCCCCCCCCCNc1ccc(Oc2ccnc3c2SCCN3)cc1. The van der Waals surface area contributed by atoms with E-state index in [1.165, 1.54) is 51.4 Å². The van der Waals surface area contributed by atoms with Crippen LogP contribution in [0.2, 0.25) is 0 Å². The third kappa shape index (κ3) is 6.62. The normalized spacial score (nSPS) is 12.9. The van der Waals surface area contributed by atoms with Gasteiger partial charge in [-0.3, -0.25) is 0 Å². The number of hydrogen-bond acceptors (Lipinski definition) is 5. The van der Waals surface area contributed by atoms with Crippen molar-refractivity contribution < 1.29 is 4.74 Å². The van der Waals surface area contributed by atoms with E-state index < -0.39 is 0 Å². The average Bonchev–Trinajstić information content (AvgIpc) is 2.74. The molecule has 2 heterocycles. The summed E-state index contributed by atoms with van der Waals surface area (Å²) >= 11 is 1.80. The Morgan fingerprint density at radius 2 is 1.75 bits per heavy atom. The molecule has 0 spiro atoms. The van der Waals surface area contributed by atoms with Gasteiger partial charge in [-0.15, -0.1) is 11.8 Å². The molecule has 0 amide bonds. The highest BCUT2D eigenvalue weighted by Gasteiger charge is 2.16. The number of rotatable bonds is 12. The van der Waals surface area contributed by atoms with Gasteiger partial charge >= 0.3 is 0 Å². The molecule has 0 saturated heterocycles. The molecule has 1 aliphatic rings. The summed E-state index contributed by atoms with van der Waals surface area (Å²) in [5, 5.41) is 6.84. The lowest BCUT2D eigenvalue weighted by Crippen LogP contribution is -2.12. The summed E-state index contributed by atoms with van der Waals surface area (Å²) < 4.78 is 6.10. The van der Waals surface area contributed by atoms with Gasteiger partial charge in [-0.25, -0.2) is 4.98 Å². The minimum absolute atomic E-state index is 0.859. The molecule has 0 radical (unpaired) electrons. The molecule has 2 aromatic rings. The molecular weight excluding hydrogens is 366 g/mol. The second kappa shape index (κ2) is 11.8. The predicted octanol–water partition coefficient (Wildman–Crippen LogP) is 6.94. The molecular formula is C23H33N3OS. The second-order valence-electron chi connectivity index (χ2n) is 7.29. The topological polar surface area (TPSA) is 46.2 Å². The number of benzene rings is 1. The minimum atomic E-state index is 0.859. The van der Waals surface area contributed by atoms with Crippen LogP contribution in [0.25, 0.3) is 0 Å². The first kappa shape index (κ1) is 20.8. The fourth-order valence-corrected chi connectivity index (χ4v) is 4.28. The van der Waals surface area contributed by atoms with Crippen LogP contribution in [0.5, 0.6) is 11.5 Å². The number of nitrogens with one attached hydrogen (secondary N) is 2. The number of fused-ring (bicyclic) bond motifs is 1. The number of hydrogen-bond donors (Lipinski definition) is 2. The summed E-state index contributed by atoms with van der Waals surface area (Å²) in [5.74, 6) is 3.70. The highest BCUT2D eigenvalue weighted by molar-refractivity contribution is 7.99. The van der Waals surface area contributed by atoms with Crippen molar-refractivity contribution in [3.05, 3.63) is 36.5 Å². The molecule has 1 aliphatic heterocycles. The first-order valence-corrected chi connectivity index (χ1v) is 11.7. The Morgan fingerprint density at radius 1 is 1.00 bits per heavy atom. The fraction of sp³-hybridized carbons (Fsp3) is 0.522. The first-order chi connectivity index (χ1) is 13.9. The van der Waals surface area contributed by atoms with E-state index in [2.05, 4.69) is 34.7 Å². The zero-order chi connectivity index (χ0) is 19.4. The summed E-state index contributed by atoms with van der Waals surface area (Å²) in [6.45, 7) is 4.26. The van der Waals surface area contributed by atoms with Gasteiger partial charge in [-0.05, 0) is 30.7 Å². The molecule has 28 heavy (non-hydrogen) atoms. The van der Waals surface area contributed by atoms with Crippen LogP contribution in [-0.2, 0) is 0 Å². The molecule has 4 nitrogen and oxygen atoms in total. The zero-order valence-electron chi connectivity index (χ0n) is 17.0. The van der Waals surface area contributed by atoms with Crippen LogP contribution in [-0.4, -0.2) is 23.8 Å². The first-order valence-electron chi connectivity index (χ1n) is 10.7. The Morgan fingerprint density at radius 3 is 2.54 bits per heavy atom. The summed E-state index contributed by atoms with van der Waals surface area (Å²) in [4.78, 5) is 5.49. The van der Waals surface area contributed by atoms with E-state index >= 15 is 0 Å². The Kier molecular flexibility index (Phi) is 8.82. The van der Waals surface area contributed by atoms with Gasteiger partial charge in [0, 0.05) is 36.8 Å². The van der Waals surface area contributed by atoms with E-state index in [-0.39, 0.29) is 0 Å². The van der Waals surface area contributed by atoms with Gasteiger partial charge in [0.25, 0.3) is 0 Å². The van der Waals surface area contributed by atoms with Gasteiger partial charge in [0.2, 0.25) is 0 Å². The second-order valence-corrected chi connectivity index (χ2v) is 8.40. The summed E-state index contributed by atoms with van der Waals surface area (Å²) in [6, 6.07) is 10.2. The van der Waals surface area contributed by atoms with Gasteiger partial charge in [-0.2, -0.15) is 0 Å². The number of nitrogens with zero attached hydrogens (tertiary/aromatic N) is 1. The molecule has 1 aromatic heterocycles. The van der Waals surface area contributed by atoms with E-state index in [1.807, 2.05) is 18.2 Å². The van der Waals surface area contributed by atoms with Crippen LogP contribution in [0.3, 0.4) is 0 Å². The smallest absolute Gasteiger partial charge is 0.146 e. The predicted molar refractivity (Wildman–Crippen MR) is 121 cm³/mol. The van der Waals surface area contributed by atoms with E-state index in [0.29, 0.717) is 0 Å². The van der Waals surface area contributed by atoms with Crippen LogP contribution < -0.4 is 15.4 Å². The van der Waals surface area contributed by atoms with Crippen LogP contribution in [0.4, 0.5) is 11.5 Å². The van der Waals surface area contributed by atoms with Crippen LogP contribution >= 0.6 is 11.8 Å². The number of ether oxygens (including phenoxy) is 1. The van der Waals surface area contributed by atoms with Crippen molar-refractivity contribution in [3.8, 4) is 11.5 Å². The maximum absolute atomic E-state index is 6.10. The minimum Gasteiger partial charge on any atom is -0.456 e. The number of anilines is 2. The van der Waals surface area contributed by atoms with E-state index in [9.17, 15) is 0 Å². The van der Waals surface area contributed by atoms with E-state index in [0.717, 1.165) is 46.7 Å². The lowest BCUT2D eigenvalue weighted by atomic mass is 10.1. The van der Waals surface area contributed by atoms with Crippen molar-refractivity contribution in [2.75, 3.05) is 29.5 Å². The molecule has 0 aliphatic carbocycles. The molecule has 3 rings (SSSR count). The molecule has 0 unspecified atom stereocenters. The monoisotopic (exact) mass is 399 g/mol. The fourth-order valence-electron chi connectivity index (χ4n) is 3.36.